The maximum absolute atomic E-state index is 11.2. The van der Waals surface area contributed by atoms with Crippen molar-refractivity contribution in [2.75, 3.05) is 11.4 Å². The van der Waals surface area contributed by atoms with Crippen LogP contribution in [0.1, 0.15) is 5.56 Å². The van der Waals surface area contributed by atoms with Gasteiger partial charge in [-0.05, 0) is 17.7 Å². The van der Waals surface area contributed by atoms with Crippen molar-refractivity contribution in [1.82, 2.24) is 10.3 Å². The fourth-order valence-electron chi connectivity index (χ4n) is 0.913. The Bertz CT molecular complexity index is 331. The monoisotopic (exact) mass is 212 g/mol. The van der Waals surface area contributed by atoms with E-state index in [-0.39, 0.29) is 6.03 Å². The number of carbonyl (C=O) groups is 1. The summed E-state index contributed by atoms with van der Waals surface area (Å²) in [6, 6.07) is 3.16. The Morgan fingerprint density at radius 3 is 3.07 bits per heavy atom. The molecule has 0 bridgehead atoms. The van der Waals surface area contributed by atoms with Gasteiger partial charge in [0, 0.05) is 19.8 Å². The van der Waals surface area contributed by atoms with Gasteiger partial charge in [-0.2, -0.15) is 0 Å². The van der Waals surface area contributed by atoms with Crippen molar-refractivity contribution in [3.05, 3.63) is 23.9 Å². The lowest BCUT2D eigenvalue weighted by Crippen LogP contribution is -2.31. The zero-order valence-corrected chi connectivity index (χ0v) is 8.66. The molecule has 0 aliphatic rings. The highest BCUT2D eigenvalue weighted by Crippen LogP contribution is 2.14. The number of rotatable bonds is 2. The molecule has 5 nitrogen and oxygen atoms in total. The zero-order valence-electron chi connectivity index (χ0n) is 7.77. The van der Waals surface area contributed by atoms with Crippen LogP contribution in [0.2, 0.25) is 0 Å². The molecule has 0 unspecified atom stereocenters. The van der Waals surface area contributed by atoms with E-state index in [2.05, 4.69) is 23.1 Å². The Kier molecular flexibility index (Phi) is 3.73. The van der Waals surface area contributed by atoms with Crippen LogP contribution in [0.25, 0.3) is 0 Å². The molecule has 2 amide bonds. The van der Waals surface area contributed by atoms with Crippen LogP contribution in [-0.4, -0.2) is 18.1 Å². The van der Waals surface area contributed by atoms with E-state index in [0.29, 0.717) is 12.4 Å². The predicted molar refractivity (Wildman–Crippen MR) is 58.0 cm³/mol. The Morgan fingerprint density at radius 2 is 2.50 bits per heavy atom. The van der Waals surface area contributed by atoms with Crippen LogP contribution in [0.5, 0.6) is 0 Å². The van der Waals surface area contributed by atoms with E-state index in [4.69, 9.17) is 5.73 Å². The fourth-order valence-corrected chi connectivity index (χ4v) is 1.12. The van der Waals surface area contributed by atoms with Crippen LogP contribution < -0.4 is 15.4 Å². The number of pyridine rings is 1. The smallest absolute Gasteiger partial charge is 0.332 e. The molecule has 1 heterocycles. The fraction of sp³-hybridized carbons (Fsp3) is 0.250. The highest BCUT2D eigenvalue weighted by molar-refractivity contribution is 7.82. The minimum absolute atomic E-state index is 0.338. The molecule has 0 saturated heterocycles. The quantitative estimate of drug-likeness (QED) is 0.626. The Labute approximate surface area is 87.8 Å². The number of aromatic nitrogens is 1. The predicted octanol–water partition coefficient (Wildman–Crippen LogP) is 0.531. The standard InChI is InChI=1S/C8H12N4OS/c1-10-8(13)12(14)7-4-6(5-9)2-3-11-7/h2-4,14H,5,9H2,1H3,(H,10,13). The molecule has 0 aliphatic heterocycles. The Morgan fingerprint density at radius 1 is 1.79 bits per heavy atom. The van der Waals surface area contributed by atoms with Crippen LogP contribution in [-0.2, 0) is 6.54 Å². The summed E-state index contributed by atoms with van der Waals surface area (Å²) in [6.45, 7) is 0.408. The summed E-state index contributed by atoms with van der Waals surface area (Å²) in [5.74, 6) is 0.454. The average Bonchev–Trinajstić information content (AvgIpc) is 2.27. The SMILES string of the molecule is CNC(=O)N(S)c1cc(CN)ccn1. The molecule has 76 valence electrons. The van der Waals surface area contributed by atoms with Crippen LogP contribution in [0.15, 0.2) is 18.3 Å². The van der Waals surface area contributed by atoms with Gasteiger partial charge in [0.1, 0.15) is 5.82 Å². The molecule has 0 aromatic carbocycles. The van der Waals surface area contributed by atoms with Crippen molar-refractivity contribution >= 4 is 24.7 Å². The molecule has 1 aromatic rings. The minimum Gasteiger partial charge on any atom is -0.340 e. The van der Waals surface area contributed by atoms with E-state index in [1.54, 1.807) is 18.3 Å². The molecular formula is C8H12N4OS. The summed E-state index contributed by atoms with van der Waals surface area (Å²) in [5, 5.41) is 2.44. The molecule has 3 N–H and O–H groups in total. The summed E-state index contributed by atoms with van der Waals surface area (Å²) in [6.07, 6.45) is 1.59. The topological polar surface area (TPSA) is 71.2 Å². The molecule has 0 spiro atoms. The van der Waals surface area contributed by atoms with Crippen molar-refractivity contribution in [2.45, 2.75) is 6.54 Å². The molecule has 0 saturated carbocycles. The highest BCUT2D eigenvalue weighted by atomic mass is 32.1. The van der Waals surface area contributed by atoms with Crippen molar-refractivity contribution in [3.8, 4) is 0 Å². The van der Waals surface area contributed by atoms with Crippen molar-refractivity contribution in [3.63, 3.8) is 0 Å². The molecule has 14 heavy (non-hydrogen) atoms. The summed E-state index contributed by atoms with van der Waals surface area (Å²) in [5.41, 5.74) is 6.36. The number of nitrogens with two attached hydrogens (primary N) is 1. The second-order valence-electron chi connectivity index (χ2n) is 2.59. The first-order valence-electron chi connectivity index (χ1n) is 4.04. The van der Waals surface area contributed by atoms with Crippen molar-refractivity contribution < 1.29 is 4.79 Å². The zero-order chi connectivity index (χ0) is 10.6. The maximum Gasteiger partial charge on any atom is 0.332 e. The number of hydrogen-bond acceptors (Lipinski definition) is 4. The molecule has 0 atom stereocenters. The van der Waals surface area contributed by atoms with Gasteiger partial charge < -0.3 is 11.1 Å². The van der Waals surface area contributed by atoms with Gasteiger partial charge in [0.05, 0.1) is 0 Å². The average molecular weight is 212 g/mol. The van der Waals surface area contributed by atoms with Gasteiger partial charge in [-0.25, -0.2) is 14.1 Å². The number of urea groups is 1. The summed E-state index contributed by atoms with van der Waals surface area (Å²) in [7, 11) is 1.53. The Hall–Kier alpha value is -1.27. The van der Waals surface area contributed by atoms with E-state index in [9.17, 15) is 4.79 Å². The second kappa shape index (κ2) is 4.83. The van der Waals surface area contributed by atoms with E-state index in [1.165, 1.54) is 7.05 Å². The number of nitrogens with one attached hydrogen (secondary N) is 1. The second-order valence-corrected chi connectivity index (χ2v) is 2.99. The van der Waals surface area contributed by atoms with Crippen LogP contribution in [0.4, 0.5) is 10.6 Å². The first-order valence-corrected chi connectivity index (χ1v) is 4.44. The van der Waals surface area contributed by atoms with Gasteiger partial charge in [-0.1, -0.05) is 12.8 Å². The van der Waals surface area contributed by atoms with Gasteiger partial charge in [0.2, 0.25) is 0 Å². The normalized spacial score (nSPS) is 9.64. The molecule has 1 aromatic heterocycles. The summed E-state index contributed by atoms with van der Waals surface area (Å²) < 4.78 is 1.12. The number of nitrogens with zero attached hydrogens (tertiary/aromatic N) is 2. The van der Waals surface area contributed by atoms with Crippen molar-refractivity contribution in [2.24, 2.45) is 5.73 Å². The van der Waals surface area contributed by atoms with Crippen LogP contribution >= 0.6 is 12.8 Å². The number of amides is 2. The lowest BCUT2D eigenvalue weighted by Gasteiger charge is -2.13. The van der Waals surface area contributed by atoms with Gasteiger partial charge in [-0.3, -0.25) is 0 Å². The van der Waals surface area contributed by atoms with E-state index in [1.807, 2.05) is 0 Å². The van der Waals surface area contributed by atoms with E-state index in [0.717, 1.165) is 9.87 Å². The minimum atomic E-state index is -0.338. The number of hydrogen-bond donors (Lipinski definition) is 3. The third kappa shape index (κ3) is 2.36. The molecule has 1 rings (SSSR count). The molecule has 6 heteroatoms. The first-order chi connectivity index (χ1) is 6.69. The number of thiol groups is 1. The molecule has 0 radical (unpaired) electrons. The Balaban J connectivity index is 2.89. The number of anilines is 1. The number of carbonyl (C=O) groups excluding carboxylic acids is 1. The van der Waals surface area contributed by atoms with Gasteiger partial charge in [-0.15, -0.1) is 0 Å². The first kappa shape index (κ1) is 10.8. The molecule has 0 fully saturated rings. The maximum atomic E-state index is 11.2. The lowest BCUT2D eigenvalue weighted by molar-refractivity contribution is 0.251. The van der Waals surface area contributed by atoms with Crippen molar-refractivity contribution in [1.29, 1.82) is 0 Å². The summed E-state index contributed by atoms with van der Waals surface area (Å²) >= 11 is 4.00. The van der Waals surface area contributed by atoms with E-state index >= 15 is 0 Å². The largest absolute Gasteiger partial charge is 0.340 e. The van der Waals surface area contributed by atoms with Gasteiger partial charge in [0.25, 0.3) is 0 Å². The molecule has 0 aliphatic carbocycles. The summed E-state index contributed by atoms with van der Waals surface area (Å²) in [4.78, 5) is 15.2. The highest BCUT2D eigenvalue weighted by Gasteiger charge is 2.10. The van der Waals surface area contributed by atoms with E-state index < -0.39 is 0 Å². The third-order valence-corrected chi connectivity index (χ3v) is 2.06. The third-order valence-electron chi connectivity index (χ3n) is 1.67. The van der Waals surface area contributed by atoms with Gasteiger partial charge >= 0.3 is 6.03 Å². The van der Waals surface area contributed by atoms with Gasteiger partial charge in [0.15, 0.2) is 0 Å². The molecular weight excluding hydrogens is 200 g/mol. The van der Waals surface area contributed by atoms with Crippen LogP contribution in [0.3, 0.4) is 0 Å². The van der Waals surface area contributed by atoms with Crippen LogP contribution in [0, 0.1) is 0 Å². The lowest BCUT2D eigenvalue weighted by atomic mass is 10.2.